The van der Waals surface area contributed by atoms with Gasteiger partial charge < -0.3 is 15.2 Å². The number of hydrogen-bond acceptors (Lipinski definition) is 8. The van der Waals surface area contributed by atoms with Gasteiger partial charge >= 0.3 is 5.88 Å². The summed E-state index contributed by atoms with van der Waals surface area (Å²) in [6, 6.07) is 26.9. The van der Waals surface area contributed by atoms with Crippen LogP contribution in [0.15, 0.2) is 95.6 Å². The number of benzene rings is 3. The monoisotopic (exact) mass is 550 g/mol. The third-order valence-corrected chi connectivity index (χ3v) is 7.49. The second kappa shape index (κ2) is 10.5. The third-order valence-electron chi connectivity index (χ3n) is 6.39. The zero-order chi connectivity index (χ0) is 27.6. The zero-order valence-electron chi connectivity index (χ0n) is 21.6. The van der Waals surface area contributed by atoms with Crippen molar-refractivity contribution in [2.45, 2.75) is 0 Å². The zero-order valence-corrected chi connectivity index (χ0v) is 22.4. The molecule has 0 atom stereocenters. The predicted octanol–water partition coefficient (Wildman–Crippen LogP) is 5.75. The molecule has 0 spiro atoms. The lowest BCUT2D eigenvalue weighted by atomic mass is 9.99. The van der Waals surface area contributed by atoms with Crippen molar-refractivity contribution in [1.29, 1.82) is 0 Å². The van der Waals surface area contributed by atoms with Gasteiger partial charge in [0.1, 0.15) is 9.71 Å². The van der Waals surface area contributed by atoms with Crippen LogP contribution in [0.4, 0.5) is 11.6 Å². The van der Waals surface area contributed by atoms with Gasteiger partial charge in [-0.25, -0.2) is 4.98 Å². The SMILES string of the molecule is COc1ccc(-c2cc(-c3ccccc3)nc3sc(C(=O)Nc4c[n+](-c5ccccc5)no4)c(N)c23)cc1OC. The van der Waals surface area contributed by atoms with Crippen LogP contribution in [0.1, 0.15) is 9.67 Å². The van der Waals surface area contributed by atoms with Crippen LogP contribution in [-0.2, 0) is 0 Å². The highest BCUT2D eigenvalue weighted by atomic mass is 32.1. The van der Waals surface area contributed by atoms with Crippen LogP contribution >= 0.6 is 11.3 Å². The highest BCUT2D eigenvalue weighted by Crippen LogP contribution is 2.43. The molecule has 3 aromatic heterocycles. The molecule has 3 aromatic carbocycles. The van der Waals surface area contributed by atoms with Gasteiger partial charge in [-0.15, -0.1) is 11.3 Å². The largest absolute Gasteiger partial charge is 0.493 e. The lowest BCUT2D eigenvalue weighted by Crippen LogP contribution is -2.31. The minimum absolute atomic E-state index is 0.184. The summed E-state index contributed by atoms with van der Waals surface area (Å²) in [5.74, 6) is 0.952. The molecule has 3 heterocycles. The van der Waals surface area contributed by atoms with Gasteiger partial charge in [-0.3, -0.25) is 14.6 Å². The molecule has 0 unspecified atom stereocenters. The Kier molecular flexibility index (Phi) is 6.59. The van der Waals surface area contributed by atoms with Crippen molar-refractivity contribution in [2.75, 3.05) is 25.3 Å². The van der Waals surface area contributed by atoms with Crippen LogP contribution in [0.25, 0.3) is 38.3 Å². The maximum Gasteiger partial charge on any atom is 0.303 e. The number of rotatable bonds is 7. The number of anilines is 2. The Morgan fingerprint density at radius 3 is 2.38 bits per heavy atom. The van der Waals surface area contributed by atoms with E-state index in [-0.39, 0.29) is 5.88 Å². The summed E-state index contributed by atoms with van der Waals surface area (Å²) >= 11 is 1.22. The predicted molar refractivity (Wildman–Crippen MR) is 154 cm³/mol. The molecular weight excluding hydrogens is 526 g/mol. The number of para-hydroxylation sites is 1. The number of pyridine rings is 1. The Hall–Kier alpha value is -5.22. The van der Waals surface area contributed by atoms with Crippen molar-refractivity contribution < 1.29 is 23.5 Å². The minimum atomic E-state index is -0.420. The van der Waals surface area contributed by atoms with Crippen LogP contribution < -0.4 is 25.2 Å². The molecule has 1 amide bonds. The first-order valence-corrected chi connectivity index (χ1v) is 13.1. The summed E-state index contributed by atoms with van der Waals surface area (Å²) in [6.07, 6.45) is 1.59. The molecule has 0 radical (unpaired) electrons. The fourth-order valence-corrected chi connectivity index (χ4v) is 5.47. The van der Waals surface area contributed by atoms with Gasteiger partial charge in [0.2, 0.25) is 11.0 Å². The number of aromatic nitrogens is 3. The lowest BCUT2D eigenvalue weighted by molar-refractivity contribution is -0.670. The lowest BCUT2D eigenvalue weighted by Gasteiger charge is -2.12. The van der Waals surface area contributed by atoms with Gasteiger partial charge in [0.25, 0.3) is 12.1 Å². The van der Waals surface area contributed by atoms with Crippen molar-refractivity contribution in [3.63, 3.8) is 0 Å². The Morgan fingerprint density at radius 1 is 0.925 bits per heavy atom. The molecule has 0 saturated heterocycles. The maximum atomic E-state index is 13.4. The smallest absolute Gasteiger partial charge is 0.303 e. The van der Waals surface area contributed by atoms with E-state index in [1.54, 1.807) is 20.4 Å². The first-order valence-electron chi connectivity index (χ1n) is 12.3. The summed E-state index contributed by atoms with van der Waals surface area (Å²) in [4.78, 5) is 19.2. The minimum Gasteiger partial charge on any atom is -0.493 e. The summed E-state index contributed by atoms with van der Waals surface area (Å²) in [6.45, 7) is 0. The number of ether oxygens (including phenoxy) is 2. The van der Waals surface area contributed by atoms with Crippen molar-refractivity contribution in [3.05, 3.63) is 96.0 Å². The molecular formula is C30H24N5O4S+. The van der Waals surface area contributed by atoms with E-state index in [0.29, 0.717) is 32.3 Å². The van der Waals surface area contributed by atoms with Gasteiger partial charge in [0.15, 0.2) is 11.5 Å². The average molecular weight is 551 g/mol. The van der Waals surface area contributed by atoms with E-state index < -0.39 is 5.91 Å². The third kappa shape index (κ3) is 4.61. The van der Waals surface area contributed by atoms with Crippen LogP contribution in [-0.4, -0.2) is 30.4 Å². The van der Waals surface area contributed by atoms with Gasteiger partial charge in [0, 0.05) is 23.1 Å². The number of amides is 1. The Morgan fingerprint density at radius 2 is 1.65 bits per heavy atom. The van der Waals surface area contributed by atoms with Crippen molar-refractivity contribution in [1.82, 2.24) is 10.3 Å². The van der Waals surface area contributed by atoms with Crippen molar-refractivity contribution in [2.24, 2.45) is 0 Å². The molecule has 0 aliphatic heterocycles. The topological polar surface area (TPSA) is 116 Å². The fraction of sp³-hybridized carbons (Fsp3) is 0.0667. The summed E-state index contributed by atoms with van der Waals surface area (Å²) < 4.78 is 17.9. The molecule has 0 bridgehead atoms. The average Bonchev–Trinajstić information content (AvgIpc) is 3.61. The number of nitrogen functional groups attached to an aromatic ring is 1. The van der Waals surface area contributed by atoms with Gasteiger partial charge in [-0.1, -0.05) is 54.6 Å². The Labute approximate surface area is 233 Å². The Balaban J connectivity index is 1.44. The highest BCUT2D eigenvalue weighted by molar-refractivity contribution is 7.21. The molecule has 6 rings (SSSR count). The fourth-order valence-electron chi connectivity index (χ4n) is 4.45. The summed E-state index contributed by atoms with van der Waals surface area (Å²) in [5.41, 5.74) is 11.1. The molecule has 198 valence electrons. The standard InChI is InChI=1S/C30H23N5O4S/c1-37-23-14-13-19(15-24(23)38-2)21-16-22(18-9-5-3-6-10-18)32-30-26(21)27(31)28(40-30)29(36)33-25-17-35(34-39-25)20-11-7-4-8-12-20/h3-17H,1-2H3,(H2-,31,33,34,36)/p+1. The number of methoxy groups -OCH3 is 2. The summed E-state index contributed by atoms with van der Waals surface area (Å²) in [7, 11) is 3.18. The van der Waals surface area contributed by atoms with Crippen LogP contribution in [0.3, 0.4) is 0 Å². The van der Waals surface area contributed by atoms with Gasteiger partial charge in [0.05, 0.1) is 25.6 Å². The van der Waals surface area contributed by atoms with E-state index in [4.69, 9.17) is 24.7 Å². The first kappa shape index (κ1) is 25.1. The normalized spacial score (nSPS) is 10.9. The molecule has 0 saturated carbocycles. The van der Waals surface area contributed by atoms with Crippen LogP contribution in [0.5, 0.6) is 11.5 Å². The first-order chi connectivity index (χ1) is 19.6. The number of fused-ring (bicyclic) bond motifs is 1. The number of carbonyl (C=O) groups excluding carboxylic acids is 1. The second-order valence-corrected chi connectivity index (χ2v) is 9.82. The molecule has 9 nitrogen and oxygen atoms in total. The Bertz CT molecular complexity index is 1830. The van der Waals surface area contributed by atoms with Crippen molar-refractivity contribution in [3.8, 4) is 39.6 Å². The van der Waals surface area contributed by atoms with Gasteiger partial charge in [-0.2, -0.15) is 0 Å². The summed E-state index contributed by atoms with van der Waals surface area (Å²) in [5, 5.41) is 7.44. The van der Waals surface area contributed by atoms with Gasteiger partial charge in [-0.05, 0) is 34.0 Å². The quantitative estimate of drug-likeness (QED) is 0.243. The highest BCUT2D eigenvalue weighted by Gasteiger charge is 2.24. The van der Waals surface area contributed by atoms with E-state index in [0.717, 1.165) is 28.1 Å². The van der Waals surface area contributed by atoms with E-state index in [9.17, 15) is 4.79 Å². The van der Waals surface area contributed by atoms with Crippen molar-refractivity contribution >= 4 is 39.0 Å². The number of nitrogens with one attached hydrogen (secondary N) is 1. The van der Waals surface area contributed by atoms with Crippen LogP contribution in [0, 0.1) is 0 Å². The molecule has 10 heteroatoms. The number of nitrogens with zero attached hydrogens (tertiary/aromatic N) is 3. The second-order valence-electron chi connectivity index (χ2n) is 8.82. The molecule has 40 heavy (non-hydrogen) atoms. The van der Waals surface area contributed by atoms with E-state index in [1.165, 1.54) is 16.0 Å². The van der Waals surface area contributed by atoms with E-state index >= 15 is 0 Å². The molecule has 0 fully saturated rings. The number of thiophene rings is 1. The molecule has 0 aliphatic rings. The van der Waals surface area contributed by atoms with Crippen LogP contribution in [0.2, 0.25) is 0 Å². The molecule has 6 aromatic rings. The molecule has 3 N–H and O–H groups in total. The number of hydrogen-bond donors (Lipinski definition) is 2. The van der Waals surface area contributed by atoms with E-state index in [2.05, 4.69) is 10.6 Å². The molecule has 0 aliphatic carbocycles. The number of nitrogens with two attached hydrogens (primary N) is 1. The maximum absolute atomic E-state index is 13.4. The number of carbonyl (C=O) groups is 1. The van der Waals surface area contributed by atoms with E-state index in [1.807, 2.05) is 84.9 Å².